The molecule has 1 atom stereocenters. The second kappa shape index (κ2) is 28.0. The molecule has 0 N–H and O–H groups in total. The number of hydrogen-bond donors (Lipinski definition) is 0. The summed E-state index contributed by atoms with van der Waals surface area (Å²) in [5, 5.41) is 0. The molecule has 0 heterocycles. The van der Waals surface area contributed by atoms with Gasteiger partial charge in [0.15, 0.2) is 0 Å². The van der Waals surface area contributed by atoms with Crippen molar-refractivity contribution in [2.24, 2.45) is 5.92 Å². The van der Waals surface area contributed by atoms with Crippen LogP contribution in [-0.2, 0) is 0 Å². The average Bonchev–Trinajstić information content (AvgIpc) is 2.78. The van der Waals surface area contributed by atoms with E-state index in [1.54, 1.807) is 0 Å². The van der Waals surface area contributed by atoms with Gasteiger partial charge in [0, 0.05) is 0 Å². The third-order valence-electron chi connectivity index (χ3n) is 7.29. The van der Waals surface area contributed by atoms with Gasteiger partial charge in [-0.3, -0.25) is 0 Å². The van der Waals surface area contributed by atoms with E-state index >= 15 is 0 Å². The van der Waals surface area contributed by atoms with E-state index in [2.05, 4.69) is 20.8 Å². The topological polar surface area (TPSA) is 0 Å². The van der Waals surface area contributed by atoms with Gasteiger partial charge in [-0.25, -0.2) is 0 Å². The molecule has 0 rings (SSSR count). The van der Waals surface area contributed by atoms with Crippen molar-refractivity contribution in [3.05, 3.63) is 6.92 Å². The highest BCUT2D eigenvalue weighted by Crippen LogP contribution is 2.23. The van der Waals surface area contributed by atoms with Gasteiger partial charge in [0.25, 0.3) is 0 Å². The van der Waals surface area contributed by atoms with Gasteiger partial charge in [-0.2, -0.15) is 0 Å². The van der Waals surface area contributed by atoms with Crippen LogP contribution in [0.15, 0.2) is 0 Å². The first-order valence-electron chi connectivity index (χ1n) is 15.1. The third kappa shape index (κ3) is 26.1. The molecule has 0 aliphatic heterocycles. The second-order valence-electron chi connectivity index (χ2n) is 10.5. The molecule has 1 radical (unpaired) electrons. The highest BCUT2D eigenvalue weighted by Gasteiger charge is 2.07. The Bertz CT molecular complexity index is 294. The molecule has 0 aromatic carbocycles. The standard InChI is InChI=1S/C31H63/c1-4-7-9-11-13-15-17-18-19-21-23-25-27-30-31(28-6-3)29-26-24-22-20-16-14-12-10-8-5-2/h31H,3-30H2,1-2H3. The summed E-state index contributed by atoms with van der Waals surface area (Å²) in [6, 6.07) is 0. The molecule has 1 unspecified atom stereocenters. The van der Waals surface area contributed by atoms with Crippen LogP contribution in [-0.4, -0.2) is 0 Å². The molecule has 0 heteroatoms. The van der Waals surface area contributed by atoms with Crippen molar-refractivity contribution in [2.45, 2.75) is 187 Å². The molecule has 0 aliphatic rings. The molecule has 0 fully saturated rings. The molecular formula is C31H63. The lowest BCUT2D eigenvalue weighted by Crippen LogP contribution is -2.00. The van der Waals surface area contributed by atoms with Gasteiger partial charge in [0.05, 0.1) is 0 Å². The zero-order valence-electron chi connectivity index (χ0n) is 22.4. The molecule has 31 heavy (non-hydrogen) atoms. The molecular weight excluding hydrogens is 372 g/mol. The van der Waals surface area contributed by atoms with Crippen molar-refractivity contribution in [1.29, 1.82) is 0 Å². The molecule has 0 saturated carbocycles. The van der Waals surface area contributed by atoms with Crippen molar-refractivity contribution in [3.8, 4) is 0 Å². The molecule has 0 amide bonds. The summed E-state index contributed by atoms with van der Waals surface area (Å²) < 4.78 is 0. The summed E-state index contributed by atoms with van der Waals surface area (Å²) in [5.41, 5.74) is 0. The van der Waals surface area contributed by atoms with Crippen LogP contribution in [0.2, 0.25) is 0 Å². The SMILES string of the molecule is [CH2]CCC(CCCCCCCCCCCC)CCCCCCCCCCCCCCC. The maximum Gasteiger partial charge on any atom is -0.0414 e. The van der Waals surface area contributed by atoms with Gasteiger partial charge < -0.3 is 0 Å². The first-order chi connectivity index (χ1) is 15.3. The van der Waals surface area contributed by atoms with Crippen LogP contribution in [0, 0.1) is 12.8 Å². The van der Waals surface area contributed by atoms with Crippen LogP contribution >= 0.6 is 0 Å². The lowest BCUT2D eigenvalue weighted by Gasteiger charge is -2.16. The van der Waals surface area contributed by atoms with Gasteiger partial charge in [-0.15, -0.1) is 0 Å². The summed E-state index contributed by atoms with van der Waals surface area (Å²) in [7, 11) is 0. The van der Waals surface area contributed by atoms with Crippen LogP contribution in [0.5, 0.6) is 0 Å². The molecule has 0 aromatic rings. The Labute approximate surface area is 200 Å². The Morgan fingerprint density at radius 3 is 0.871 bits per heavy atom. The fourth-order valence-corrected chi connectivity index (χ4v) is 5.09. The zero-order chi connectivity index (χ0) is 22.7. The molecule has 0 spiro atoms. The smallest absolute Gasteiger partial charge is 0.0414 e. The molecule has 0 bridgehead atoms. The molecule has 0 nitrogen and oxygen atoms in total. The molecule has 0 aliphatic carbocycles. The average molecular weight is 436 g/mol. The third-order valence-corrected chi connectivity index (χ3v) is 7.29. The van der Waals surface area contributed by atoms with E-state index in [4.69, 9.17) is 0 Å². The highest BCUT2D eigenvalue weighted by atomic mass is 14.1. The zero-order valence-corrected chi connectivity index (χ0v) is 22.4. The minimum Gasteiger partial charge on any atom is -0.0654 e. The van der Waals surface area contributed by atoms with Crippen molar-refractivity contribution < 1.29 is 0 Å². The predicted molar refractivity (Wildman–Crippen MR) is 145 cm³/mol. The summed E-state index contributed by atoms with van der Waals surface area (Å²) in [6.45, 7) is 8.75. The van der Waals surface area contributed by atoms with Gasteiger partial charge in [-0.1, -0.05) is 194 Å². The van der Waals surface area contributed by atoms with Crippen molar-refractivity contribution in [1.82, 2.24) is 0 Å². The van der Waals surface area contributed by atoms with E-state index in [0.29, 0.717) is 0 Å². The Kier molecular flexibility index (Phi) is 28.0. The Balaban J connectivity index is 3.38. The van der Waals surface area contributed by atoms with Crippen molar-refractivity contribution >= 4 is 0 Å². The van der Waals surface area contributed by atoms with E-state index in [1.165, 1.54) is 167 Å². The summed E-state index contributed by atoms with van der Waals surface area (Å²) in [5.74, 6) is 0.972. The minimum absolute atomic E-state index is 0.972. The summed E-state index contributed by atoms with van der Waals surface area (Å²) in [6.07, 6.45) is 39.1. The van der Waals surface area contributed by atoms with Gasteiger partial charge >= 0.3 is 0 Å². The minimum atomic E-state index is 0.972. The molecule has 0 aromatic heterocycles. The van der Waals surface area contributed by atoms with E-state index in [9.17, 15) is 0 Å². The predicted octanol–water partition coefficient (Wildman–Crippen LogP) is 12.0. The first-order valence-corrected chi connectivity index (χ1v) is 15.1. The van der Waals surface area contributed by atoms with Crippen molar-refractivity contribution in [3.63, 3.8) is 0 Å². The Hall–Kier alpha value is 0. The maximum absolute atomic E-state index is 4.14. The fraction of sp³-hybridized carbons (Fsp3) is 0.968. The van der Waals surface area contributed by atoms with Gasteiger partial charge in [0.1, 0.15) is 0 Å². The normalized spacial score (nSPS) is 12.5. The molecule has 187 valence electrons. The fourth-order valence-electron chi connectivity index (χ4n) is 5.09. The van der Waals surface area contributed by atoms with Crippen LogP contribution in [0.1, 0.15) is 187 Å². The number of rotatable bonds is 27. The summed E-state index contributed by atoms with van der Waals surface area (Å²) >= 11 is 0. The largest absolute Gasteiger partial charge is 0.0654 e. The lowest BCUT2D eigenvalue weighted by atomic mass is 9.90. The highest BCUT2D eigenvalue weighted by molar-refractivity contribution is 4.62. The molecule has 0 saturated heterocycles. The van der Waals surface area contributed by atoms with E-state index < -0.39 is 0 Å². The van der Waals surface area contributed by atoms with E-state index in [-0.39, 0.29) is 0 Å². The maximum atomic E-state index is 4.14. The second-order valence-corrected chi connectivity index (χ2v) is 10.5. The van der Waals surface area contributed by atoms with Crippen LogP contribution in [0.25, 0.3) is 0 Å². The first kappa shape index (κ1) is 31.0. The number of hydrogen-bond acceptors (Lipinski definition) is 0. The Morgan fingerprint density at radius 2 is 0.613 bits per heavy atom. The number of unbranched alkanes of at least 4 members (excludes halogenated alkanes) is 21. The van der Waals surface area contributed by atoms with Gasteiger partial charge in [0.2, 0.25) is 0 Å². The van der Waals surface area contributed by atoms with Crippen molar-refractivity contribution in [2.75, 3.05) is 0 Å². The van der Waals surface area contributed by atoms with E-state index in [0.717, 1.165) is 12.3 Å². The van der Waals surface area contributed by atoms with Crippen LogP contribution in [0.4, 0.5) is 0 Å². The van der Waals surface area contributed by atoms with Crippen LogP contribution < -0.4 is 0 Å². The summed E-state index contributed by atoms with van der Waals surface area (Å²) in [4.78, 5) is 0. The monoisotopic (exact) mass is 435 g/mol. The Morgan fingerprint density at radius 1 is 0.355 bits per heavy atom. The van der Waals surface area contributed by atoms with Gasteiger partial charge in [-0.05, 0) is 5.92 Å². The van der Waals surface area contributed by atoms with E-state index in [1.807, 2.05) is 0 Å². The lowest BCUT2D eigenvalue weighted by molar-refractivity contribution is 0.381. The van der Waals surface area contributed by atoms with Crippen LogP contribution in [0.3, 0.4) is 0 Å². The quantitative estimate of drug-likeness (QED) is 0.112.